The van der Waals surface area contributed by atoms with Crippen molar-refractivity contribution in [2.45, 2.75) is 48.9 Å². The van der Waals surface area contributed by atoms with Gasteiger partial charge in [0.15, 0.2) is 5.69 Å². The molecule has 178 valence electrons. The Morgan fingerprint density at radius 3 is 2.58 bits per heavy atom. The van der Waals surface area contributed by atoms with Gasteiger partial charge >= 0.3 is 12.4 Å². The number of benzene rings is 1. The summed E-state index contributed by atoms with van der Waals surface area (Å²) in [5.41, 5.74) is -5.81. The largest absolute Gasteiger partial charge is 0.435 e. The molecule has 0 spiro atoms. The molecule has 3 aliphatic rings. The maximum Gasteiger partial charge on any atom is 0.435 e. The van der Waals surface area contributed by atoms with Crippen LogP contribution in [0.4, 0.5) is 32.0 Å². The van der Waals surface area contributed by atoms with Crippen molar-refractivity contribution in [3.8, 4) is 0 Å². The summed E-state index contributed by atoms with van der Waals surface area (Å²) in [6.45, 7) is 0. The Hall–Kier alpha value is -2.31. The van der Waals surface area contributed by atoms with Crippen LogP contribution in [-0.4, -0.2) is 39.1 Å². The normalized spacial score (nSPS) is 32.7. The van der Waals surface area contributed by atoms with Crippen molar-refractivity contribution in [2.75, 3.05) is 5.32 Å². The highest BCUT2D eigenvalue weighted by Crippen LogP contribution is 2.78. The first-order valence-electron chi connectivity index (χ1n) is 9.84. The van der Waals surface area contributed by atoms with Crippen LogP contribution in [-0.2, 0) is 34.3 Å². The Balaban J connectivity index is 1.56. The van der Waals surface area contributed by atoms with E-state index < -0.39 is 58.7 Å². The molecule has 5 unspecified atom stereocenters. The van der Waals surface area contributed by atoms with E-state index in [1.54, 1.807) is 0 Å². The summed E-state index contributed by atoms with van der Waals surface area (Å²) in [7, 11) is 1.30. The number of aromatic nitrogens is 2. The smallest absolute Gasteiger partial charge is 0.390 e. The maximum absolute atomic E-state index is 13.7. The van der Waals surface area contributed by atoms with Crippen molar-refractivity contribution in [1.82, 2.24) is 9.78 Å². The molecular weight excluding hydrogens is 480 g/mol. The second-order valence-corrected chi connectivity index (χ2v) is 9.15. The molecule has 1 aromatic heterocycles. The monoisotopic (exact) mass is 495 g/mol. The summed E-state index contributed by atoms with van der Waals surface area (Å²) in [5, 5.41) is 16.0. The van der Waals surface area contributed by atoms with Crippen LogP contribution in [0, 0.1) is 5.41 Å². The highest BCUT2D eigenvalue weighted by atomic mass is 35.5. The number of aliphatic hydroxyl groups is 1. The number of anilines is 1. The average molecular weight is 496 g/mol. The van der Waals surface area contributed by atoms with Crippen molar-refractivity contribution in [2.24, 2.45) is 12.5 Å². The number of hydrogen-bond acceptors (Lipinski definition) is 4. The average Bonchev–Trinajstić information content (AvgIpc) is 2.90. The first-order valence-corrected chi connectivity index (χ1v) is 10.2. The predicted octanol–water partition coefficient (Wildman–Crippen LogP) is 3.91. The summed E-state index contributed by atoms with van der Waals surface area (Å²) >= 11 is 5.78. The summed E-state index contributed by atoms with van der Waals surface area (Å²) in [6.07, 6.45) is -11.5. The molecule has 2 saturated heterocycles. The van der Waals surface area contributed by atoms with Crippen LogP contribution < -0.4 is 5.32 Å². The van der Waals surface area contributed by atoms with E-state index >= 15 is 0 Å². The fourth-order valence-electron chi connectivity index (χ4n) is 5.59. The lowest BCUT2D eigenvalue weighted by Gasteiger charge is -2.29. The van der Waals surface area contributed by atoms with E-state index in [9.17, 15) is 36.2 Å². The molecule has 5 atom stereocenters. The minimum absolute atomic E-state index is 0.0186. The van der Waals surface area contributed by atoms with Crippen molar-refractivity contribution >= 4 is 23.2 Å². The maximum atomic E-state index is 13.7. The van der Waals surface area contributed by atoms with E-state index in [1.165, 1.54) is 7.05 Å². The lowest BCUT2D eigenvalue weighted by Crippen LogP contribution is -2.45. The van der Waals surface area contributed by atoms with Gasteiger partial charge in [-0.3, -0.25) is 9.48 Å². The molecule has 1 saturated carbocycles. The molecule has 2 aliphatic heterocycles. The van der Waals surface area contributed by atoms with Crippen molar-refractivity contribution in [3.63, 3.8) is 0 Å². The Bertz CT molecular complexity index is 1160. The second-order valence-electron chi connectivity index (χ2n) is 8.71. The number of carbonyl (C=O) groups is 1. The van der Waals surface area contributed by atoms with E-state index in [-0.39, 0.29) is 29.1 Å². The SMILES string of the molecule is Cn1cc(C23CC2(C(=O)Nc2cc(Cl)cc(C(F)(F)F)c2)C2CC(O)C3O2)c(C(F)(F)F)n1. The van der Waals surface area contributed by atoms with Crippen LogP contribution in [0.3, 0.4) is 0 Å². The third-order valence-electron chi connectivity index (χ3n) is 6.85. The van der Waals surface area contributed by atoms with E-state index in [2.05, 4.69) is 10.4 Å². The number of amides is 1. The molecule has 3 fully saturated rings. The summed E-state index contributed by atoms with van der Waals surface area (Å²) in [5.74, 6) is -0.797. The van der Waals surface area contributed by atoms with E-state index in [0.717, 1.165) is 16.9 Å². The van der Waals surface area contributed by atoms with Gasteiger partial charge in [-0.25, -0.2) is 0 Å². The molecule has 3 heterocycles. The zero-order valence-electron chi connectivity index (χ0n) is 16.8. The lowest BCUT2D eigenvalue weighted by molar-refractivity contribution is -0.143. The number of aliphatic hydroxyl groups excluding tert-OH is 1. The summed E-state index contributed by atoms with van der Waals surface area (Å²) < 4.78 is 87.3. The lowest BCUT2D eigenvalue weighted by atomic mass is 9.73. The number of nitrogens with zero attached hydrogens (tertiary/aromatic N) is 2. The van der Waals surface area contributed by atoms with Crippen LogP contribution in [0.15, 0.2) is 24.4 Å². The molecule has 1 aliphatic carbocycles. The zero-order chi connectivity index (χ0) is 24.1. The van der Waals surface area contributed by atoms with Gasteiger partial charge in [-0.1, -0.05) is 11.6 Å². The standard InChI is InChI=1S/C20H16ClF6N3O3/c1-30-6-11(14(29-30)20(25,26)27)17-7-18(17,13-5-12(31)15(17)33-13)16(32)28-10-3-8(19(22,23)24)2-9(21)4-10/h2-4,6,12-13,15,31H,5,7H2,1H3,(H,28,32). The van der Waals surface area contributed by atoms with Gasteiger partial charge in [-0.05, 0) is 24.6 Å². The Morgan fingerprint density at radius 1 is 1.24 bits per heavy atom. The first kappa shape index (κ1) is 22.5. The van der Waals surface area contributed by atoms with Crippen LogP contribution in [0.1, 0.15) is 29.7 Å². The van der Waals surface area contributed by atoms with Crippen LogP contribution in [0.2, 0.25) is 5.02 Å². The van der Waals surface area contributed by atoms with Gasteiger partial charge < -0.3 is 15.2 Å². The number of alkyl halides is 6. The number of ether oxygens (including phenoxy) is 1. The minimum Gasteiger partial charge on any atom is -0.390 e. The molecule has 2 aromatic rings. The van der Waals surface area contributed by atoms with Gasteiger partial charge in [0.05, 0.1) is 29.3 Å². The highest BCUT2D eigenvalue weighted by Gasteiger charge is 2.88. The predicted molar refractivity (Wildman–Crippen MR) is 101 cm³/mol. The molecule has 6 nitrogen and oxygen atoms in total. The van der Waals surface area contributed by atoms with Gasteiger partial charge in [0.2, 0.25) is 5.91 Å². The molecule has 33 heavy (non-hydrogen) atoms. The van der Waals surface area contributed by atoms with E-state index in [1.807, 2.05) is 0 Å². The quantitative estimate of drug-likeness (QED) is 0.633. The third kappa shape index (κ3) is 3.03. The van der Waals surface area contributed by atoms with Crippen LogP contribution in [0.5, 0.6) is 0 Å². The molecule has 0 radical (unpaired) electrons. The molecule has 1 aromatic carbocycles. The summed E-state index contributed by atoms with van der Waals surface area (Å²) in [4.78, 5) is 13.4. The Morgan fingerprint density at radius 2 is 1.94 bits per heavy atom. The number of carbonyl (C=O) groups excluding carboxylic acids is 1. The van der Waals surface area contributed by atoms with Crippen LogP contribution in [0.25, 0.3) is 0 Å². The number of halogens is 7. The molecule has 2 N–H and O–H groups in total. The van der Waals surface area contributed by atoms with Gasteiger partial charge in [-0.15, -0.1) is 0 Å². The summed E-state index contributed by atoms with van der Waals surface area (Å²) in [6, 6.07) is 2.50. The number of nitrogens with one attached hydrogen (secondary N) is 1. The van der Waals surface area contributed by atoms with Gasteiger partial charge in [0.1, 0.15) is 0 Å². The fraction of sp³-hybridized carbons (Fsp3) is 0.500. The highest BCUT2D eigenvalue weighted by molar-refractivity contribution is 6.31. The van der Waals surface area contributed by atoms with Gasteiger partial charge in [0, 0.05) is 41.4 Å². The van der Waals surface area contributed by atoms with E-state index in [4.69, 9.17) is 16.3 Å². The number of fused-ring (bicyclic) bond motifs is 5. The molecule has 13 heteroatoms. The fourth-order valence-corrected chi connectivity index (χ4v) is 5.82. The van der Waals surface area contributed by atoms with Crippen LogP contribution >= 0.6 is 11.6 Å². The molecule has 5 rings (SSSR count). The van der Waals surface area contributed by atoms with Crippen molar-refractivity contribution in [3.05, 3.63) is 46.2 Å². The van der Waals surface area contributed by atoms with Gasteiger partial charge in [-0.2, -0.15) is 31.4 Å². The molecule has 2 bridgehead atoms. The van der Waals surface area contributed by atoms with Crippen molar-refractivity contribution < 1.29 is 41.0 Å². The Labute approximate surface area is 187 Å². The third-order valence-corrected chi connectivity index (χ3v) is 7.06. The molecule has 1 amide bonds. The zero-order valence-corrected chi connectivity index (χ0v) is 17.5. The minimum atomic E-state index is -4.82. The molecular formula is C20H16ClF6N3O3. The second kappa shape index (κ2) is 6.63. The number of aryl methyl sites for hydroxylation is 1. The van der Waals surface area contributed by atoms with Gasteiger partial charge in [0.25, 0.3) is 0 Å². The number of rotatable bonds is 3. The van der Waals surface area contributed by atoms with E-state index in [0.29, 0.717) is 12.1 Å². The first-order chi connectivity index (χ1) is 15.2. The number of hydrogen-bond donors (Lipinski definition) is 2. The Kier molecular flexibility index (Phi) is 4.52. The van der Waals surface area contributed by atoms with Crippen molar-refractivity contribution in [1.29, 1.82) is 0 Å². The topological polar surface area (TPSA) is 76.4 Å².